The van der Waals surface area contributed by atoms with Crippen LogP contribution in [0.4, 0.5) is 9.80 Å². The Labute approximate surface area is 119 Å². The van der Waals surface area contributed by atoms with E-state index in [2.05, 4.69) is 9.11 Å². The number of ether oxygens (including phenoxy) is 1. The lowest BCUT2D eigenvalue weighted by Crippen LogP contribution is -2.42. The number of carbonyl (C=O) groups is 2. The molecule has 0 aliphatic heterocycles. The van der Waals surface area contributed by atoms with Crippen molar-refractivity contribution in [2.75, 3.05) is 18.0 Å². The molecule has 0 radical (unpaired) electrons. The summed E-state index contributed by atoms with van der Waals surface area (Å²) >= 11 is 0.704. The first-order chi connectivity index (χ1) is 9.20. The third kappa shape index (κ3) is 3.36. The van der Waals surface area contributed by atoms with Crippen LogP contribution in [0.3, 0.4) is 0 Å². The fraction of sp³-hybridized carbons (Fsp3) is 0.444. The van der Waals surface area contributed by atoms with Crippen molar-refractivity contribution in [3.63, 3.8) is 0 Å². The summed E-state index contributed by atoms with van der Waals surface area (Å²) in [6, 6.07) is 0. The molecule has 1 aromatic heterocycles. The predicted octanol–water partition coefficient (Wildman–Crippen LogP) is 0.577. The summed E-state index contributed by atoms with van der Waals surface area (Å²) in [4.78, 5) is 22.2. The molecule has 0 aromatic carbocycles. The lowest BCUT2D eigenvalue weighted by molar-refractivity contribution is 0.0697. The van der Waals surface area contributed by atoms with Crippen LogP contribution in [0.15, 0.2) is 0 Å². The molecular formula is C9H13N3O6S2. The lowest BCUT2D eigenvalue weighted by Gasteiger charge is -2.17. The molecule has 0 aliphatic rings. The van der Waals surface area contributed by atoms with Crippen LogP contribution in [0, 0.1) is 6.92 Å². The zero-order valence-electron chi connectivity index (χ0n) is 10.9. The highest BCUT2D eigenvalue weighted by Crippen LogP contribution is 2.29. The van der Waals surface area contributed by atoms with Gasteiger partial charge < -0.3 is 9.84 Å². The number of hydrogen-bond acceptors (Lipinski definition) is 7. The summed E-state index contributed by atoms with van der Waals surface area (Å²) in [7, 11) is -3.15. The van der Waals surface area contributed by atoms with Gasteiger partial charge in [-0.3, -0.25) is 0 Å². The van der Waals surface area contributed by atoms with Crippen molar-refractivity contribution in [2.45, 2.75) is 13.8 Å². The zero-order chi connectivity index (χ0) is 15.5. The van der Waals surface area contributed by atoms with E-state index in [1.807, 2.05) is 0 Å². The van der Waals surface area contributed by atoms with Gasteiger partial charge in [-0.15, -0.1) is 0 Å². The van der Waals surface area contributed by atoms with E-state index in [9.17, 15) is 18.0 Å². The largest absolute Gasteiger partial charge is 0.478 e. The van der Waals surface area contributed by atoms with Crippen LogP contribution in [-0.4, -0.2) is 43.6 Å². The van der Waals surface area contributed by atoms with Crippen molar-refractivity contribution < 1.29 is 27.9 Å². The quantitative estimate of drug-likeness (QED) is 0.811. The van der Waals surface area contributed by atoms with Crippen molar-refractivity contribution in [3.8, 4) is 0 Å². The maximum atomic E-state index is 11.9. The highest BCUT2D eigenvalue weighted by molar-refractivity contribution is 7.91. The first-order valence-electron chi connectivity index (χ1n) is 5.33. The Bertz CT molecular complexity index is 624. The summed E-state index contributed by atoms with van der Waals surface area (Å²) < 4.78 is 34.4. The number of aromatic nitrogens is 1. The molecular weight excluding hydrogens is 310 g/mol. The van der Waals surface area contributed by atoms with E-state index in [1.165, 1.54) is 13.8 Å². The number of anilines is 1. The van der Waals surface area contributed by atoms with Crippen LogP contribution < -0.4 is 9.03 Å². The van der Waals surface area contributed by atoms with Gasteiger partial charge in [-0.1, -0.05) is 0 Å². The molecule has 0 fully saturated rings. The van der Waals surface area contributed by atoms with Crippen LogP contribution in [0.1, 0.15) is 23.0 Å². The third-order valence-electron chi connectivity index (χ3n) is 2.19. The average Bonchev–Trinajstić information content (AvgIpc) is 2.69. The smallest absolute Gasteiger partial charge is 0.422 e. The van der Waals surface area contributed by atoms with Crippen molar-refractivity contribution in [1.29, 1.82) is 0 Å². The second-order valence-electron chi connectivity index (χ2n) is 3.55. The van der Waals surface area contributed by atoms with E-state index in [-0.39, 0.29) is 22.9 Å². The minimum absolute atomic E-state index is 0.00507. The molecule has 0 saturated heterocycles. The molecule has 20 heavy (non-hydrogen) atoms. The zero-order valence-corrected chi connectivity index (χ0v) is 12.5. The number of carbonyl (C=O) groups excluding carboxylic acids is 1. The molecule has 9 nitrogen and oxygen atoms in total. The Hall–Kier alpha value is -1.88. The van der Waals surface area contributed by atoms with E-state index in [0.717, 1.165) is 7.05 Å². The molecule has 1 aromatic rings. The molecule has 112 valence electrons. The van der Waals surface area contributed by atoms with Gasteiger partial charge in [-0.05, 0) is 25.4 Å². The van der Waals surface area contributed by atoms with Crippen molar-refractivity contribution in [3.05, 3.63) is 11.3 Å². The summed E-state index contributed by atoms with van der Waals surface area (Å²) in [5.41, 5.74) is -0.0394. The molecule has 1 rings (SSSR count). The van der Waals surface area contributed by atoms with E-state index < -0.39 is 22.3 Å². The van der Waals surface area contributed by atoms with Crippen molar-refractivity contribution >= 4 is 38.8 Å². The highest BCUT2D eigenvalue weighted by Gasteiger charge is 2.29. The number of aromatic carboxylic acids is 1. The Morgan fingerprint density at radius 2 is 2.10 bits per heavy atom. The standard InChI is InChI=1S/C9H13N3O6S2/c1-4-18-9(15)11-20(16,17)12(3)7-6(8(13)14)5(2)10-19-7/h4H2,1-3H3,(H,11,15)(H,13,14). The van der Waals surface area contributed by atoms with E-state index in [1.54, 1.807) is 4.72 Å². The SMILES string of the molecule is CCOC(=O)NS(=O)(=O)N(C)c1snc(C)c1C(=O)O. The van der Waals surface area contributed by atoms with Crippen LogP contribution in [0.25, 0.3) is 0 Å². The molecule has 1 heterocycles. The number of amides is 1. The first-order valence-corrected chi connectivity index (χ1v) is 7.55. The predicted molar refractivity (Wildman–Crippen MR) is 71.3 cm³/mol. The molecule has 11 heteroatoms. The van der Waals surface area contributed by atoms with Crippen LogP contribution >= 0.6 is 11.5 Å². The Morgan fingerprint density at radius 1 is 1.50 bits per heavy atom. The molecule has 2 N–H and O–H groups in total. The van der Waals surface area contributed by atoms with E-state index in [0.29, 0.717) is 15.8 Å². The Kier molecular flexibility index (Phi) is 4.89. The van der Waals surface area contributed by atoms with E-state index in [4.69, 9.17) is 5.11 Å². The highest BCUT2D eigenvalue weighted by atomic mass is 32.2. The first kappa shape index (κ1) is 16.2. The van der Waals surface area contributed by atoms with Gasteiger partial charge in [0.25, 0.3) is 0 Å². The Balaban J connectivity index is 3.09. The van der Waals surface area contributed by atoms with Gasteiger partial charge in [0.1, 0.15) is 10.6 Å². The summed E-state index contributed by atoms with van der Waals surface area (Å²) in [5.74, 6) is -1.30. The molecule has 0 unspecified atom stereocenters. The number of nitrogens with one attached hydrogen (secondary N) is 1. The van der Waals surface area contributed by atoms with Crippen LogP contribution in [0.5, 0.6) is 0 Å². The molecule has 1 amide bonds. The number of carboxylic acids is 1. The Morgan fingerprint density at radius 3 is 2.60 bits per heavy atom. The number of aryl methyl sites for hydroxylation is 1. The average molecular weight is 323 g/mol. The molecule has 0 atom stereocenters. The fourth-order valence-electron chi connectivity index (χ4n) is 1.26. The lowest BCUT2D eigenvalue weighted by atomic mass is 10.2. The van der Waals surface area contributed by atoms with Gasteiger partial charge in [-0.2, -0.15) is 12.8 Å². The minimum atomic E-state index is -4.26. The minimum Gasteiger partial charge on any atom is -0.478 e. The van der Waals surface area contributed by atoms with Gasteiger partial charge in [0.15, 0.2) is 0 Å². The van der Waals surface area contributed by atoms with Gasteiger partial charge in [0.05, 0.1) is 12.3 Å². The number of rotatable bonds is 5. The van der Waals surface area contributed by atoms with Crippen LogP contribution in [-0.2, 0) is 14.9 Å². The maximum absolute atomic E-state index is 11.9. The van der Waals surface area contributed by atoms with Gasteiger partial charge in [0, 0.05) is 7.05 Å². The molecule has 0 bridgehead atoms. The van der Waals surface area contributed by atoms with Crippen LogP contribution in [0.2, 0.25) is 0 Å². The topological polar surface area (TPSA) is 126 Å². The number of carboxylic acid groups (broad SMARTS) is 1. The van der Waals surface area contributed by atoms with Gasteiger partial charge in [0.2, 0.25) is 0 Å². The second-order valence-corrected chi connectivity index (χ2v) is 6.00. The van der Waals surface area contributed by atoms with Crippen molar-refractivity contribution in [2.24, 2.45) is 0 Å². The van der Waals surface area contributed by atoms with E-state index >= 15 is 0 Å². The summed E-state index contributed by atoms with van der Waals surface area (Å²) in [6.07, 6.45) is -1.14. The monoisotopic (exact) mass is 323 g/mol. The fourth-order valence-corrected chi connectivity index (χ4v) is 3.13. The maximum Gasteiger partial charge on any atom is 0.422 e. The second kappa shape index (κ2) is 6.05. The summed E-state index contributed by atoms with van der Waals surface area (Å²) in [5, 5.41) is 8.94. The number of nitrogens with zero attached hydrogens (tertiary/aromatic N) is 2. The van der Waals surface area contributed by atoms with Crippen molar-refractivity contribution in [1.82, 2.24) is 9.10 Å². The normalized spacial score (nSPS) is 10.9. The van der Waals surface area contributed by atoms with Gasteiger partial charge >= 0.3 is 22.3 Å². The molecule has 0 spiro atoms. The number of hydrogen-bond donors (Lipinski definition) is 2. The molecule has 0 saturated carbocycles. The third-order valence-corrected chi connectivity index (χ3v) is 4.65. The van der Waals surface area contributed by atoms with Gasteiger partial charge in [-0.25, -0.2) is 18.6 Å². The molecule has 0 aliphatic carbocycles. The summed E-state index contributed by atoms with van der Waals surface area (Å²) in [6.45, 7) is 2.97.